The zero-order valence-corrected chi connectivity index (χ0v) is 20.8. The number of hydrogen-bond acceptors (Lipinski definition) is 0. The van der Waals surface area contributed by atoms with Crippen molar-refractivity contribution in [2.75, 3.05) is 0 Å². The van der Waals surface area contributed by atoms with Gasteiger partial charge >= 0.3 is 26.2 Å². The van der Waals surface area contributed by atoms with Crippen LogP contribution in [0.1, 0.15) is 53.9 Å². The first kappa shape index (κ1) is 31.4. The van der Waals surface area contributed by atoms with Crippen molar-refractivity contribution in [2.24, 2.45) is 5.92 Å². The van der Waals surface area contributed by atoms with Gasteiger partial charge in [0.1, 0.15) is 0 Å². The third-order valence-electron chi connectivity index (χ3n) is 3.54. The Hall–Kier alpha value is 0.640. The van der Waals surface area contributed by atoms with Gasteiger partial charge in [0.05, 0.1) is 0 Å². The van der Waals surface area contributed by atoms with Crippen LogP contribution in [-0.2, 0) is 26.2 Å². The minimum atomic E-state index is 0. The Kier molecular flexibility index (Phi) is 25.9. The molecule has 1 atom stereocenters. The molecule has 1 unspecified atom stereocenters. The zero-order chi connectivity index (χ0) is 15.5. The maximum atomic E-state index is 3.36. The Morgan fingerprint density at radius 3 is 1.91 bits per heavy atom. The molecule has 23 heavy (non-hydrogen) atoms. The summed E-state index contributed by atoms with van der Waals surface area (Å²) < 4.78 is 0. The molecule has 2 aliphatic carbocycles. The van der Waals surface area contributed by atoms with Crippen molar-refractivity contribution < 1.29 is 51.0 Å². The molecule has 0 spiro atoms. The molecule has 1 radical (unpaired) electrons. The SMILES string of the molecule is CC1=[C-]C(C)C(C)=C1C.CCCC1=CC[C-]=C1.C[SiH]C.[Cl-].[Cl-].[Zr+4]. The van der Waals surface area contributed by atoms with E-state index in [0.717, 1.165) is 15.9 Å². The second-order valence-corrected chi connectivity index (χ2v) is 6.61. The molecule has 0 bridgehead atoms. The van der Waals surface area contributed by atoms with Crippen LogP contribution < -0.4 is 24.8 Å². The largest absolute Gasteiger partial charge is 4.00 e. The maximum absolute atomic E-state index is 3.36. The molecular weight excluding hydrogens is 418 g/mol. The van der Waals surface area contributed by atoms with Gasteiger partial charge in [0, 0.05) is 9.52 Å². The first-order valence-electron chi connectivity index (χ1n) is 7.75. The van der Waals surface area contributed by atoms with E-state index in [0.29, 0.717) is 5.92 Å². The normalized spacial score (nSPS) is 17.3. The standard InChI is InChI=1S/C9H13.C8H11.C2H7Si.2ClH.Zr/c1-6-5-7(2)9(4)8(6)3;1-2-5-8-6-3-4-7-8;1-3-2;;;/h6H,1-4H3;6-7H,2-3,5H2,1H3;3H,1-2H3;2*1H;/q2*-1;;;;+4/p-2. The van der Waals surface area contributed by atoms with Gasteiger partial charge < -0.3 is 24.8 Å². The summed E-state index contributed by atoms with van der Waals surface area (Å²) in [7, 11) is 0.750. The van der Waals surface area contributed by atoms with Crippen LogP contribution in [0.5, 0.6) is 0 Å². The molecule has 0 N–H and O–H groups in total. The fourth-order valence-corrected chi connectivity index (χ4v) is 2.06. The van der Waals surface area contributed by atoms with E-state index in [2.05, 4.69) is 72.0 Å². The molecule has 2 aliphatic rings. The number of hydrogen-bond donors (Lipinski definition) is 0. The van der Waals surface area contributed by atoms with Crippen LogP contribution in [0.3, 0.4) is 0 Å². The third kappa shape index (κ3) is 13.6. The van der Waals surface area contributed by atoms with Crippen molar-refractivity contribution >= 4 is 9.52 Å². The van der Waals surface area contributed by atoms with Crippen LogP contribution in [0, 0.1) is 18.1 Å². The van der Waals surface area contributed by atoms with Crippen molar-refractivity contribution in [3.05, 3.63) is 46.6 Å². The van der Waals surface area contributed by atoms with Crippen LogP contribution in [0.25, 0.3) is 0 Å². The van der Waals surface area contributed by atoms with Crippen molar-refractivity contribution in [3.63, 3.8) is 0 Å². The van der Waals surface area contributed by atoms with E-state index in [1.807, 2.05) is 0 Å². The van der Waals surface area contributed by atoms with Gasteiger partial charge in [-0.3, -0.25) is 12.2 Å². The molecule has 0 aromatic heterocycles. The Bertz CT molecular complexity index is 410. The van der Waals surface area contributed by atoms with Gasteiger partial charge in [-0.25, -0.2) is 17.2 Å². The molecule has 0 aliphatic heterocycles. The smallest absolute Gasteiger partial charge is 1.00 e. The zero-order valence-electron chi connectivity index (χ0n) is 15.7. The predicted molar refractivity (Wildman–Crippen MR) is 94.3 cm³/mol. The molecule has 0 heterocycles. The summed E-state index contributed by atoms with van der Waals surface area (Å²) in [6, 6.07) is 0. The predicted octanol–water partition coefficient (Wildman–Crippen LogP) is -0.277. The third-order valence-corrected chi connectivity index (χ3v) is 3.54. The minimum absolute atomic E-state index is 0. The number of allylic oxidation sites excluding steroid dienone is 8. The molecule has 0 amide bonds. The van der Waals surface area contributed by atoms with Crippen LogP contribution in [0.4, 0.5) is 0 Å². The summed E-state index contributed by atoms with van der Waals surface area (Å²) in [5.74, 6) is 0.560. The monoisotopic (exact) mass is 447 g/mol. The van der Waals surface area contributed by atoms with Crippen LogP contribution >= 0.6 is 0 Å². The summed E-state index contributed by atoms with van der Waals surface area (Å²) in [6.45, 7) is 15.3. The molecule has 129 valence electrons. The molecule has 4 heteroatoms. The van der Waals surface area contributed by atoms with Crippen LogP contribution in [0.2, 0.25) is 13.1 Å². The average molecular weight is 450 g/mol. The number of rotatable bonds is 2. The van der Waals surface area contributed by atoms with Crippen molar-refractivity contribution in [1.82, 2.24) is 0 Å². The Morgan fingerprint density at radius 2 is 1.70 bits per heavy atom. The van der Waals surface area contributed by atoms with E-state index >= 15 is 0 Å². The Balaban J connectivity index is -0.000000121. The Labute approximate surface area is 179 Å². The summed E-state index contributed by atoms with van der Waals surface area (Å²) in [5.41, 5.74) is 5.71. The van der Waals surface area contributed by atoms with Crippen LogP contribution in [0.15, 0.2) is 34.4 Å². The van der Waals surface area contributed by atoms with Crippen LogP contribution in [-0.4, -0.2) is 9.52 Å². The summed E-state index contributed by atoms with van der Waals surface area (Å²) >= 11 is 0. The van der Waals surface area contributed by atoms with E-state index < -0.39 is 0 Å². The van der Waals surface area contributed by atoms with Gasteiger partial charge in [0.25, 0.3) is 0 Å². The number of halogens is 2. The average Bonchev–Trinajstić information content (AvgIpc) is 2.98. The molecule has 0 saturated carbocycles. The van der Waals surface area contributed by atoms with Gasteiger partial charge in [0.2, 0.25) is 0 Å². The van der Waals surface area contributed by atoms with Gasteiger partial charge in [-0.1, -0.05) is 59.5 Å². The quantitative estimate of drug-likeness (QED) is 0.402. The first-order chi connectivity index (χ1) is 9.47. The van der Waals surface area contributed by atoms with Crippen molar-refractivity contribution in [2.45, 2.75) is 67.0 Å². The topological polar surface area (TPSA) is 0 Å². The summed E-state index contributed by atoms with van der Waals surface area (Å²) in [4.78, 5) is 0. The second kappa shape index (κ2) is 19.0. The van der Waals surface area contributed by atoms with Gasteiger partial charge in [0.15, 0.2) is 0 Å². The van der Waals surface area contributed by atoms with E-state index in [1.165, 1.54) is 35.1 Å². The van der Waals surface area contributed by atoms with E-state index in [1.54, 1.807) is 0 Å². The van der Waals surface area contributed by atoms with Gasteiger partial charge in [-0.05, 0) is 0 Å². The van der Waals surface area contributed by atoms with E-state index in [4.69, 9.17) is 0 Å². The fourth-order valence-electron chi connectivity index (χ4n) is 2.06. The van der Waals surface area contributed by atoms with Gasteiger partial charge in [-0.2, -0.15) is 17.2 Å². The van der Waals surface area contributed by atoms with E-state index in [9.17, 15) is 0 Å². The molecule has 0 nitrogen and oxygen atoms in total. The Morgan fingerprint density at radius 1 is 1.17 bits per heavy atom. The summed E-state index contributed by atoms with van der Waals surface area (Å²) in [6.07, 6.45) is 14.4. The molecule has 0 saturated heterocycles. The van der Waals surface area contributed by atoms with Crippen molar-refractivity contribution in [1.29, 1.82) is 0 Å². The first-order valence-corrected chi connectivity index (χ1v) is 10.1. The second-order valence-electron chi connectivity index (χ2n) is 5.46. The molecule has 0 fully saturated rings. The van der Waals surface area contributed by atoms with E-state index in [-0.39, 0.29) is 51.0 Å². The summed E-state index contributed by atoms with van der Waals surface area (Å²) in [5, 5.41) is 0. The molecular formula is C19H31Cl2SiZr. The van der Waals surface area contributed by atoms with Gasteiger partial charge in [-0.15, -0.1) is 13.3 Å². The maximum Gasteiger partial charge on any atom is 4.00 e. The molecule has 2 rings (SSSR count). The molecule has 0 aromatic rings. The minimum Gasteiger partial charge on any atom is -1.00 e. The van der Waals surface area contributed by atoms with Crippen molar-refractivity contribution in [3.8, 4) is 0 Å². The molecule has 0 aromatic carbocycles. The fraction of sp³-hybridized carbons (Fsp3) is 0.579.